The van der Waals surface area contributed by atoms with Crippen LogP contribution in [0.3, 0.4) is 0 Å². The van der Waals surface area contributed by atoms with Crippen molar-refractivity contribution in [2.45, 2.75) is 91.4 Å². The van der Waals surface area contributed by atoms with Gasteiger partial charge in [-0.15, -0.1) is 6.58 Å². The Bertz CT molecular complexity index is 94.6. The Kier molecular flexibility index (Phi) is 22.9. The van der Waals surface area contributed by atoms with Crippen molar-refractivity contribution in [2.24, 2.45) is 0 Å². The third-order valence-electron chi connectivity index (χ3n) is 2.71. The molecule has 0 aliphatic carbocycles. The van der Waals surface area contributed by atoms with E-state index in [-0.39, 0.29) is 0 Å². The minimum Gasteiger partial charge on any atom is -0.103 e. The first kappa shape index (κ1) is 18.1. The Morgan fingerprint density at radius 2 is 0.812 bits per heavy atom. The van der Waals surface area contributed by atoms with E-state index >= 15 is 0 Å². The molecule has 0 heteroatoms. The molecule has 0 rings (SSSR count). The van der Waals surface area contributed by atoms with Gasteiger partial charge < -0.3 is 0 Å². The number of unbranched alkanes of at least 4 members (excludes halogenated alkanes) is 10. The van der Waals surface area contributed by atoms with Crippen LogP contribution in [0.5, 0.6) is 0 Å². The average Bonchev–Trinajstić information content (AvgIpc) is 2.28. The van der Waals surface area contributed by atoms with Crippen LogP contribution in [0, 0.1) is 0 Å². The molecule has 0 amide bonds. The molecule has 0 N–H and O–H groups in total. The van der Waals surface area contributed by atoms with Crippen molar-refractivity contribution in [3.63, 3.8) is 0 Å². The molecule has 0 saturated carbocycles. The quantitative estimate of drug-likeness (QED) is 0.294. The van der Waals surface area contributed by atoms with Crippen LogP contribution in [0.1, 0.15) is 91.4 Å². The summed E-state index contributed by atoms with van der Waals surface area (Å²) in [5.41, 5.74) is 0. The van der Waals surface area contributed by atoms with Crippen LogP contribution < -0.4 is 0 Å². The lowest BCUT2D eigenvalue weighted by Gasteiger charge is -2.00. The van der Waals surface area contributed by atoms with Crippen LogP contribution in [-0.4, -0.2) is 0 Å². The van der Waals surface area contributed by atoms with Gasteiger partial charge >= 0.3 is 0 Å². The maximum absolute atomic E-state index is 3.36. The second-order valence-corrected chi connectivity index (χ2v) is 4.59. The second kappa shape index (κ2) is 20.2. The summed E-state index contributed by atoms with van der Waals surface area (Å²) in [6, 6.07) is 0. The summed E-state index contributed by atoms with van der Waals surface area (Å²) in [5, 5.41) is 0. The fourth-order valence-corrected chi connectivity index (χ4v) is 1.74. The molecule has 0 radical (unpaired) electrons. The molecular formula is C16H34. The standard InChI is InChI=1S/C13H28.C3H6/c1-3-5-7-9-11-13-12-10-8-6-4-2;1-3-2/h3-13H2,1-2H3;3H,1H2,2H3. The first-order chi connectivity index (χ1) is 7.83. The summed E-state index contributed by atoms with van der Waals surface area (Å²) in [4.78, 5) is 0. The molecule has 0 aliphatic rings. The Morgan fingerprint density at radius 1 is 0.625 bits per heavy atom. The normalized spacial score (nSPS) is 9.44. The number of allylic oxidation sites excluding steroid dienone is 1. The van der Waals surface area contributed by atoms with E-state index < -0.39 is 0 Å². The molecule has 0 saturated heterocycles. The maximum atomic E-state index is 3.36. The van der Waals surface area contributed by atoms with Gasteiger partial charge in [0.15, 0.2) is 0 Å². The van der Waals surface area contributed by atoms with Crippen molar-refractivity contribution in [1.29, 1.82) is 0 Å². The Hall–Kier alpha value is -0.260. The van der Waals surface area contributed by atoms with Gasteiger partial charge in [-0.05, 0) is 6.92 Å². The molecule has 0 heterocycles. The predicted octanol–water partition coefficient (Wildman–Crippen LogP) is 6.51. The van der Waals surface area contributed by atoms with Gasteiger partial charge in [0, 0.05) is 0 Å². The Morgan fingerprint density at radius 3 is 1.00 bits per heavy atom. The summed E-state index contributed by atoms with van der Waals surface area (Å²) in [7, 11) is 0. The van der Waals surface area contributed by atoms with E-state index in [0.717, 1.165) is 0 Å². The molecule has 98 valence electrons. The average molecular weight is 226 g/mol. The fourth-order valence-electron chi connectivity index (χ4n) is 1.74. The maximum Gasteiger partial charge on any atom is -0.0473 e. The summed E-state index contributed by atoms with van der Waals surface area (Å²) >= 11 is 0. The van der Waals surface area contributed by atoms with Crippen molar-refractivity contribution in [3.8, 4) is 0 Å². The van der Waals surface area contributed by atoms with Gasteiger partial charge in [-0.25, -0.2) is 0 Å². The van der Waals surface area contributed by atoms with Crippen molar-refractivity contribution >= 4 is 0 Å². The monoisotopic (exact) mass is 226 g/mol. The van der Waals surface area contributed by atoms with Crippen LogP contribution in [0.25, 0.3) is 0 Å². The molecule has 0 aromatic carbocycles. The lowest BCUT2D eigenvalue weighted by atomic mass is 10.1. The molecule has 0 aliphatic heterocycles. The molecule has 0 aromatic rings. The van der Waals surface area contributed by atoms with Crippen LogP contribution in [-0.2, 0) is 0 Å². The van der Waals surface area contributed by atoms with E-state index in [1.54, 1.807) is 6.08 Å². The minimum absolute atomic E-state index is 1.37. The first-order valence-corrected chi connectivity index (χ1v) is 7.40. The Balaban J connectivity index is 0. The van der Waals surface area contributed by atoms with Crippen molar-refractivity contribution < 1.29 is 0 Å². The lowest BCUT2D eigenvalue weighted by Crippen LogP contribution is -1.80. The van der Waals surface area contributed by atoms with Gasteiger partial charge in [-0.3, -0.25) is 0 Å². The van der Waals surface area contributed by atoms with Gasteiger partial charge in [0.1, 0.15) is 0 Å². The topological polar surface area (TPSA) is 0 Å². The SMILES string of the molecule is C=CC.CCCCCCCCCCCCC. The highest BCUT2D eigenvalue weighted by Gasteiger charge is 1.90. The number of hydrogen-bond acceptors (Lipinski definition) is 0. The number of hydrogen-bond donors (Lipinski definition) is 0. The summed E-state index contributed by atoms with van der Waals surface area (Å²) in [5.74, 6) is 0. The van der Waals surface area contributed by atoms with Gasteiger partial charge in [0.25, 0.3) is 0 Å². The molecule has 0 fully saturated rings. The van der Waals surface area contributed by atoms with Crippen LogP contribution in [0.4, 0.5) is 0 Å². The summed E-state index contributed by atoms with van der Waals surface area (Å²) < 4.78 is 0. The molecule has 16 heavy (non-hydrogen) atoms. The van der Waals surface area contributed by atoms with E-state index in [1.165, 1.54) is 70.6 Å². The molecule has 0 aromatic heterocycles. The van der Waals surface area contributed by atoms with E-state index in [2.05, 4.69) is 20.4 Å². The van der Waals surface area contributed by atoms with Crippen LogP contribution in [0.2, 0.25) is 0 Å². The third kappa shape index (κ3) is 23.5. The fraction of sp³-hybridized carbons (Fsp3) is 0.875. The van der Waals surface area contributed by atoms with Crippen LogP contribution in [0.15, 0.2) is 12.7 Å². The zero-order valence-electron chi connectivity index (χ0n) is 12.1. The van der Waals surface area contributed by atoms with Gasteiger partial charge in [-0.2, -0.15) is 0 Å². The van der Waals surface area contributed by atoms with Crippen molar-refractivity contribution in [1.82, 2.24) is 0 Å². The lowest BCUT2D eigenvalue weighted by molar-refractivity contribution is 0.554. The zero-order chi connectivity index (χ0) is 12.5. The Labute approximate surface area is 105 Å². The largest absolute Gasteiger partial charge is 0.103 e. The van der Waals surface area contributed by atoms with E-state index in [4.69, 9.17) is 0 Å². The molecule has 0 unspecified atom stereocenters. The first-order valence-electron chi connectivity index (χ1n) is 7.40. The van der Waals surface area contributed by atoms with Crippen molar-refractivity contribution in [2.75, 3.05) is 0 Å². The summed E-state index contributed by atoms with van der Waals surface area (Å²) in [6.45, 7) is 9.81. The smallest absolute Gasteiger partial charge is 0.0473 e. The van der Waals surface area contributed by atoms with Gasteiger partial charge in [0.2, 0.25) is 0 Å². The molecule has 0 atom stereocenters. The van der Waals surface area contributed by atoms with Gasteiger partial charge in [0.05, 0.1) is 0 Å². The zero-order valence-corrected chi connectivity index (χ0v) is 12.1. The minimum atomic E-state index is 1.37. The third-order valence-corrected chi connectivity index (χ3v) is 2.71. The molecular weight excluding hydrogens is 192 g/mol. The second-order valence-electron chi connectivity index (χ2n) is 4.59. The highest BCUT2D eigenvalue weighted by Crippen LogP contribution is 2.10. The van der Waals surface area contributed by atoms with E-state index in [9.17, 15) is 0 Å². The van der Waals surface area contributed by atoms with Gasteiger partial charge in [-0.1, -0.05) is 90.6 Å². The molecule has 0 nitrogen and oxygen atoms in total. The van der Waals surface area contributed by atoms with E-state index in [0.29, 0.717) is 0 Å². The van der Waals surface area contributed by atoms with E-state index in [1.807, 2.05) is 6.92 Å². The summed E-state index contributed by atoms with van der Waals surface area (Å²) in [6.07, 6.45) is 17.7. The highest BCUT2D eigenvalue weighted by atomic mass is 14.0. The van der Waals surface area contributed by atoms with Crippen molar-refractivity contribution in [3.05, 3.63) is 12.7 Å². The predicted molar refractivity (Wildman–Crippen MR) is 78.0 cm³/mol. The van der Waals surface area contributed by atoms with Crippen LogP contribution >= 0.6 is 0 Å². The molecule has 0 bridgehead atoms. The highest BCUT2D eigenvalue weighted by molar-refractivity contribution is 4.51. The number of rotatable bonds is 10. The molecule has 0 spiro atoms.